The Labute approximate surface area is 135 Å². The van der Waals surface area contributed by atoms with Gasteiger partial charge in [0.25, 0.3) is 0 Å². The third-order valence-corrected chi connectivity index (χ3v) is 4.84. The van der Waals surface area contributed by atoms with E-state index in [2.05, 4.69) is 11.2 Å². The van der Waals surface area contributed by atoms with Crippen molar-refractivity contribution < 1.29 is 9.53 Å². The van der Waals surface area contributed by atoms with Gasteiger partial charge in [0.15, 0.2) is 0 Å². The van der Waals surface area contributed by atoms with Crippen LogP contribution in [0, 0.1) is 5.92 Å². The second-order valence-electron chi connectivity index (χ2n) is 6.39. The number of hydrogen-bond acceptors (Lipinski definition) is 3. The van der Waals surface area contributed by atoms with Crippen molar-refractivity contribution in [1.29, 1.82) is 0 Å². The zero-order valence-corrected chi connectivity index (χ0v) is 13.1. The quantitative estimate of drug-likeness (QED) is 0.855. The van der Waals surface area contributed by atoms with Gasteiger partial charge >= 0.3 is 0 Å². The smallest absolute Gasteiger partial charge is 0.229 e. The molecule has 1 aromatic heterocycles. The SMILES string of the molecule is O=C([C@@H]1COc2ccccc2C1)N1CCC[C@@H](n2cccn2)C1. The molecule has 0 N–H and O–H groups in total. The first-order chi connectivity index (χ1) is 11.3. The number of piperidine rings is 1. The van der Waals surface area contributed by atoms with Gasteiger partial charge in [-0.3, -0.25) is 9.48 Å². The minimum atomic E-state index is -0.0683. The van der Waals surface area contributed by atoms with Gasteiger partial charge < -0.3 is 9.64 Å². The molecule has 1 aromatic carbocycles. The molecule has 2 atom stereocenters. The molecule has 0 aliphatic carbocycles. The van der Waals surface area contributed by atoms with E-state index in [9.17, 15) is 4.79 Å². The van der Waals surface area contributed by atoms with E-state index in [1.807, 2.05) is 40.0 Å². The fraction of sp³-hybridized carbons (Fsp3) is 0.444. The van der Waals surface area contributed by atoms with Gasteiger partial charge in [0.1, 0.15) is 12.4 Å². The van der Waals surface area contributed by atoms with E-state index in [0.29, 0.717) is 12.6 Å². The number of benzene rings is 1. The van der Waals surface area contributed by atoms with E-state index in [-0.39, 0.29) is 11.8 Å². The number of ether oxygens (including phenoxy) is 1. The van der Waals surface area contributed by atoms with E-state index in [1.165, 1.54) is 0 Å². The first-order valence-electron chi connectivity index (χ1n) is 8.30. The van der Waals surface area contributed by atoms with Crippen LogP contribution in [0.25, 0.3) is 0 Å². The molecule has 120 valence electrons. The van der Waals surface area contributed by atoms with Crippen LogP contribution in [0.3, 0.4) is 0 Å². The first kappa shape index (κ1) is 14.3. The molecule has 1 saturated heterocycles. The number of nitrogens with zero attached hydrogens (tertiary/aromatic N) is 3. The van der Waals surface area contributed by atoms with Crippen molar-refractivity contribution >= 4 is 5.91 Å². The number of hydrogen-bond donors (Lipinski definition) is 0. The lowest BCUT2D eigenvalue weighted by Crippen LogP contribution is -2.46. The Kier molecular flexibility index (Phi) is 3.77. The maximum atomic E-state index is 12.9. The van der Waals surface area contributed by atoms with Crippen LogP contribution in [0.5, 0.6) is 5.75 Å². The molecule has 0 bridgehead atoms. The highest BCUT2D eigenvalue weighted by Gasteiger charge is 2.32. The number of likely N-dealkylation sites (tertiary alicyclic amines) is 1. The molecule has 0 radical (unpaired) electrons. The molecule has 2 aliphatic heterocycles. The Hall–Kier alpha value is -2.30. The van der Waals surface area contributed by atoms with E-state index >= 15 is 0 Å². The van der Waals surface area contributed by atoms with Gasteiger partial charge in [-0.15, -0.1) is 0 Å². The Morgan fingerprint density at radius 1 is 1.26 bits per heavy atom. The lowest BCUT2D eigenvalue weighted by molar-refractivity contribution is -0.138. The summed E-state index contributed by atoms with van der Waals surface area (Å²) in [6.45, 7) is 2.08. The van der Waals surface area contributed by atoms with Gasteiger partial charge in [0.2, 0.25) is 5.91 Å². The zero-order chi connectivity index (χ0) is 15.6. The summed E-state index contributed by atoms with van der Waals surface area (Å²) >= 11 is 0. The molecule has 1 amide bonds. The van der Waals surface area contributed by atoms with Crippen molar-refractivity contribution in [2.45, 2.75) is 25.3 Å². The van der Waals surface area contributed by atoms with Gasteiger partial charge in [-0.1, -0.05) is 18.2 Å². The minimum absolute atomic E-state index is 0.0683. The van der Waals surface area contributed by atoms with Crippen molar-refractivity contribution in [3.8, 4) is 5.75 Å². The second kappa shape index (κ2) is 6.07. The van der Waals surface area contributed by atoms with Gasteiger partial charge in [-0.2, -0.15) is 5.10 Å². The van der Waals surface area contributed by atoms with Crippen molar-refractivity contribution in [2.75, 3.05) is 19.7 Å². The molecular formula is C18H21N3O2. The molecule has 2 aliphatic rings. The third kappa shape index (κ3) is 2.83. The maximum Gasteiger partial charge on any atom is 0.229 e. The van der Waals surface area contributed by atoms with Gasteiger partial charge in [-0.25, -0.2) is 0 Å². The summed E-state index contributed by atoms with van der Waals surface area (Å²) < 4.78 is 7.76. The summed E-state index contributed by atoms with van der Waals surface area (Å²) in [6, 6.07) is 10.2. The predicted octanol–water partition coefficient (Wildman–Crippen LogP) is 2.30. The lowest BCUT2D eigenvalue weighted by Gasteiger charge is -2.36. The summed E-state index contributed by atoms with van der Waals surface area (Å²) in [6.07, 6.45) is 6.67. The summed E-state index contributed by atoms with van der Waals surface area (Å²) in [5.41, 5.74) is 1.14. The summed E-state index contributed by atoms with van der Waals surface area (Å²) in [7, 11) is 0. The molecule has 5 nitrogen and oxygen atoms in total. The predicted molar refractivity (Wildman–Crippen MR) is 86.2 cm³/mol. The topological polar surface area (TPSA) is 47.4 Å². The van der Waals surface area contributed by atoms with Crippen LogP contribution >= 0.6 is 0 Å². The van der Waals surface area contributed by atoms with Gasteiger partial charge in [-0.05, 0) is 37.0 Å². The lowest BCUT2D eigenvalue weighted by atomic mass is 9.94. The Morgan fingerprint density at radius 3 is 3.04 bits per heavy atom. The second-order valence-corrected chi connectivity index (χ2v) is 6.39. The highest BCUT2D eigenvalue weighted by atomic mass is 16.5. The van der Waals surface area contributed by atoms with Crippen molar-refractivity contribution in [3.63, 3.8) is 0 Å². The van der Waals surface area contributed by atoms with Gasteiger partial charge in [0.05, 0.1) is 12.0 Å². The first-order valence-corrected chi connectivity index (χ1v) is 8.30. The number of amides is 1. The van der Waals surface area contributed by atoms with E-state index in [4.69, 9.17) is 4.74 Å². The number of carbonyl (C=O) groups excluding carboxylic acids is 1. The van der Waals surface area contributed by atoms with E-state index in [0.717, 1.165) is 43.7 Å². The Balaban J connectivity index is 1.45. The monoisotopic (exact) mass is 311 g/mol. The molecule has 0 saturated carbocycles. The van der Waals surface area contributed by atoms with Crippen molar-refractivity contribution in [1.82, 2.24) is 14.7 Å². The molecular weight excluding hydrogens is 290 g/mol. The molecule has 0 unspecified atom stereocenters. The van der Waals surface area contributed by atoms with Crippen LogP contribution in [0.15, 0.2) is 42.7 Å². The van der Waals surface area contributed by atoms with Crippen molar-refractivity contribution in [3.05, 3.63) is 48.3 Å². The van der Waals surface area contributed by atoms with E-state index < -0.39 is 0 Å². The number of aromatic nitrogens is 2. The fourth-order valence-electron chi connectivity index (χ4n) is 3.61. The molecule has 5 heteroatoms. The fourth-order valence-corrected chi connectivity index (χ4v) is 3.61. The molecule has 23 heavy (non-hydrogen) atoms. The van der Waals surface area contributed by atoms with Crippen LogP contribution in [-0.2, 0) is 11.2 Å². The van der Waals surface area contributed by atoms with Crippen LogP contribution in [-0.4, -0.2) is 40.3 Å². The van der Waals surface area contributed by atoms with Crippen molar-refractivity contribution in [2.24, 2.45) is 5.92 Å². The average molecular weight is 311 g/mol. The maximum absolute atomic E-state index is 12.9. The Bertz CT molecular complexity index is 683. The number of fused-ring (bicyclic) bond motifs is 1. The van der Waals surface area contributed by atoms with E-state index in [1.54, 1.807) is 6.20 Å². The summed E-state index contributed by atoms with van der Waals surface area (Å²) in [4.78, 5) is 14.9. The van der Waals surface area contributed by atoms with Crippen LogP contribution in [0.1, 0.15) is 24.4 Å². The molecule has 1 fully saturated rings. The Morgan fingerprint density at radius 2 is 2.17 bits per heavy atom. The highest BCUT2D eigenvalue weighted by molar-refractivity contribution is 5.80. The molecule has 0 spiro atoms. The molecule has 4 rings (SSSR count). The molecule has 2 aromatic rings. The van der Waals surface area contributed by atoms with Crippen LogP contribution < -0.4 is 4.74 Å². The minimum Gasteiger partial charge on any atom is -0.492 e. The van der Waals surface area contributed by atoms with Gasteiger partial charge in [0, 0.05) is 25.5 Å². The van der Waals surface area contributed by atoms with Crippen LogP contribution in [0.2, 0.25) is 0 Å². The number of carbonyl (C=O) groups is 1. The average Bonchev–Trinajstić information content (AvgIpc) is 3.15. The normalized spacial score (nSPS) is 23.9. The number of rotatable bonds is 2. The largest absolute Gasteiger partial charge is 0.492 e. The summed E-state index contributed by atoms with van der Waals surface area (Å²) in [5, 5.41) is 4.33. The highest BCUT2D eigenvalue weighted by Crippen LogP contribution is 2.29. The van der Waals surface area contributed by atoms with Crippen LogP contribution in [0.4, 0.5) is 0 Å². The standard InChI is InChI=1S/C18H21N3O2/c22-18(15-11-14-5-1-2-7-17(14)23-13-15)20-9-3-6-16(12-20)21-10-4-8-19-21/h1-2,4-5,7-8,10,15-16H,3,6,9,11-13H2/t15-,16+/m0/s1. The molecule has 3 heterocycles. The third-order valence-electron chi connectivity index (χ3n) is 4.84. The summed E-state index contributed by atoms with van der Waals surface area (Å²) in [5.74, 6) is 1.07. The number of para-hydroxylation sites is 1. The zero-order valence-electron chi connectivity index (χ0n) is 13.1.